The quantitative estimate of drug-likeness (QED) is 0.561. The molecule has 4 aromatic rings. The lowest BCUT2D eigenvalue weighted by atomic mass is 10.2. The summed E-state index contributed by atoms with van der Waals surface area (Å²) in [6.45, 7) is -0.358. The molecule has 0 spiro atoms. The van der Waals surface area contributed by atoms with Crippen LogP contribution in [0.1, 0.15) is 0 Å². The van der Waals surface area contributed by atoms with Gasteiger partial charge < -0.3 is 9.84 Å². The number of amides is 1. The van der Waals surface area contributed by atoms with Crippen LogP contribution in [0.25, 0.3) is 23.0 Å². The van der Waals surface area contributed by atoms with Crippen molar-refractivity contribution in [3.05, 3.63) is 82.9 Å². The fourth-order valence-corrected chi connectivity index (χ4v) is 2.61. The normalized spacial score (nSPS) is 10.7. The zero-order valence-electron chi connectivity index (χ0n) is 14.9. The highest BCUT2D eigenvalue weighted by Gasteiger charge is 2.14. The Balaban J connectivity index is 1.54. The van der Waals surface area contributed by atoms with E-state index in [0.29, 0.717) is 5.82 Å². The number of carbonyl (C=O) groups is 1. The van der Waals surface area contributed by atoms with Gasteiger partial charge in [0.05, 0.1) is 0 Å². The highest BCUT2D eigenvalue weighted by atomic mass is 19.1. The largest absolute Gasteiger partial charge is 0.332 e. The van der Waals surface area contributed by atoms with Crippen molar-refractivity contribution < 1.29 is 13.7 Å². The molecule has 29 heavy (non-hydrogen) atoms. The SMILES string of the molecule is O=C(Cn1nc(-c2nc(-c3ccccc3)no2)ccc1=O)Nc1cccc(F)c1. The molecule has 4 rings (SSSR count). The summed E-state index contributed by atoms with van der Waals surface area (Å²) in [7, 11) is 0. The van der Waals surface area contributed by atoms with Gasteiger partial charge in [-0.15, -0.1) is 0 Å². The van der Waals surface area contributed by atoms with E-state index in [1.165, 1.54) is 36.4 Å². The van der Waals surface area contributed by atoms with Crippen molar-refractivity contribution in [3.63, 3.8) is 0 Å². The molecule has 2 heterocycles. The average molecular weight is 391 g/mol. The summed E-state index contributed by atoms with van der Waals surface area (Å²) >= 11 is 0. The second kappa shape index (κ2) is 7.85. The number of anilines is 1. The van der Waals surface area contributed by atoms with Gasteiger partial charge in [0.25, 0.3) is 11.4 Å². The number of hydrogen-bond donors (Lipinski definition) is 1. The molecule has 1 N–H and O–H groups in total. The first-order chi connectivity index (χ1) is 14.1. The first kappa shape index (κ1) is 18.2. The van der Waals surface area contributed by atoms with Gasteiger partial charge in [0.1, 0.15) is 18.1 Å². The maximum Gasteiger partial charge on any atom is 0.278 e. The number of rotatable bonds is 5. The van der Waals surface area contributed by atoms with Crippen LogP contribution in [0.15, 0.2) is 76.0 Å². The molecule has 2 aromatic heterocycles. The smallest absolute Gasteiger partial charge is 0.278 e. The number of hydrogen-bond acceptors (Lipinski definition) is 6. The number of carbonyl (C=O) groups excluding carboxylic acids is 1. The molecule has 0 aliphatic carbocycles. The molecule has 0 aliphatic heterocycles. The zero-order chi connectivity index (χ0) is 20.2. The van der Waals surface area contributed by atoms with Crippen LogP contribution in [0, 0.1) is 5.82 Å². The molecule has 0 aliphatic rings. The lowest BCUT2D eigenvalue weighted by Crippen LogP contribution is -2.29. The Morgan fingerprint density at radius 1 is 1.07 bits per heavy atom. The maximum atomic E-state index is 13.2. The van der Waals surface area contributed by atoms with Crippen LogP contribution in [0.3, 0.4) is 0 Å². The van der Waals surface area contributed by atoms with Gasteiger partial charge in [0.15, 0.2) is 0 Å². The monoisotopic (exact) mass is 391 g/mol. The van der Waals surface area contributed by atoms with Crippen molar-refractivity contribution in [1.29, 1.82) is 0 Å². The van der Waals surface area contributed by atoms with Crippen LogP contribution in [-0.2, 0) is 11.3 Å². The number of aromatic nitrogens is 4. The topological polar surface area (TPSA) is 103 Å². The summed E-state index contributed by atoms with van der Waals surface area (Å²) < 4.78 is 19.4. The molecular weight excluding hydrogens is 377 g/mol. The molecule has 0 bridgehead atoms. The first-order valence-electron chi connectivity index (χ1n) is 8.61. The van der Waals surface area contributed by atoms with Crippen molar-refractivity contribution in [1.82, 2.24) is 19.9 Å². The molecule has 0 unspecified atom stereocenters. The minimum absolute atomic E-state index is 0.114. The second-order valence-electron chi connectivity index (χ2n) is 6.06. The molecule has 0 atom stereocenters. The molecule has 9 heteroatoms. The van der Waals surface area contributed by atoms with E-state index < -0.39 is 17.3 Å². The Hall–Kier alpha value is -4.14. The highest BCUT2D eigenvalue weighted by molar-refractivity contribution is 5.90. The van der Waals surface area contributed by atoms with E-state index in [2.05, 4.69) is 20.6 Å². The summed E-state index contributed by atoms with van der Waals surface area (Å²) in [5.74, 6) is -0.518. The van der Waals surface area contributed by atoms with Crippen LogP contribution in [0.4, 0.5) is 10.1 Å². The maximum absolute atomic E-state index is 13.2. The lowest BCUT2D eigenvalue weighted by Gasteiger charge is -2.07. The van der Waals surface area contributed by atoms with Crippen LogP contribution >= 0.6 is 0 Å². The third-order valence-electron chi connectivity index (χ3n) is 3.95. The highest BCUT2D eigenvalue weighted by Crippen LogP contribution is 2.19. The van der Waals surface area contributed by atoms with E-state index in [1.54, 1.807) is 0 Å². The minimum Gasteiger partial charge on any atom is -0.332 e. The Morgan fingerprint density at radius 2 is 1.90 bits per heavy atom. The van der Waals surface area contributed by atoms with E-state index in [-0.39, 0.29) is 23.8 Å². The van der Waals surface area contributed by atoms with Gasteiger partial charge in [-0.3, -0.25) is 9.59 Å². The molecular formula is C20H14FN5O3. The minimum atomic E-state index is -0.530. The van der Waals surface area contributed by atoms with E-state index in [1.807, 2.05) is 30.3 Å². The Kier molecular flexibility index (Phi) is 4.93. The average Bonchev–Trinajstić information content (AvgIpc) is 3.20. The molecule has 0 saturated carbocycles. The number of benzene rings is 2. The fraction of sp³-hybridized carbons (Fsp3) is 0.0500. The molecule has 144 valence electrons. The van der Waals surface area contributed by atoms with Gasteiger partial charge in [0.2, 0.25) is 11.7 Å². The molecule has 8 nitrogen and oxygen atoms in total. The third kappa shape index (κ3) is 4.24. The van der Waals surface area contributed by atoms with Gasteiger partial charge in [0, 0.05) is 17.3 Å². The van der Waals surface area contributed by atoms with E-state index in [9.17, 15) is 14.0 Å². The van der Waals surface area contributed by atoms with Crippen molar-refractivity contribution in [2.75, 3.05) is 5.32 Å². The third-order valence-corrected chi connectivity index (χ3v) is 3.95. The zero-order valence-corrected chi connectivity index (χ0v) is 14.9. The Labute approximate surface area is 163 Å². The summed E-state index contributed by atoms with van der Waals surface area (Å²) in [5, 5.41) is 10.5. The van der Waals surface area contributed by atoms with E-state index in [4.69, 9.17) is 4.52 Å². The standard InChI is InChI=1S/C20H14FN5O3/c21-14-7-4-8-15(11-14)22-17(27)12-26-18(28)10-9-16(24-26)20-23-19(25-29-20)13-5-2-1-3-6-13/h1-11H,12H2,(H,22,27). The Morgan fingerprint density at radius 3 is 2.69 bits per heavy atom. The fourth-order valence-electron chi connectivity index (χ4n) is 2.61. The van der Waals surface area contributed by atoms with Gasteiger partial charge in [-0.1, -0.05) is 41.6 Å². The molecule has 0 fully saturated rings. The Bertz CT molecular complexity index is 1220. The number of nitrogens with zero attached hydrogens (tertiary/aromatic N) is 4. The number of halogens is 1. The van der Waals surface area contributed by atoms with Crippen LogP contribution < -0.4 is 10.9 Å². The van der Waals surface area contributed by atoms with Gasteiger partial charge in [-0.25, -0.2) is 9.07 Å². The van der Waals surface area contributed by atoms with Gasteiger partial charge in [-0.05, 0) is 24.3 Å². The van der Waals surface area contributed by atoms with E-state index in [0.717, 1.165) is 10.2 Å². The molecule has 0 saturated heterocycles. The van der Waals surface area contributed by atoms with Crippen molar-refractivity contribution in [3.8, 4) is 23.0 Å². The summed E-state index contributed by atoms with van der Waals surface area (Å²) in [4.78, 5) is 28.5. The summed E-state index contributed by atoms with van der Waals surface area (Å²) in [6.07, 6.45) is 0. The van der Waals surface area contributed by atoms with Crippen LogP contribution in [0.5, 0.6) is 0 Å². The first-order valence-corrected chi connectivity index (χ1v) is 8.61. The van der Waals surface area contributed by atoms with Crippen molar-refractivity contribution in [2.24, 2.45) is 0 Å². The van der Waals surface area contributed by atoms with E-state index >= 15 is 0 Å². The van der Waals surface area contributed by atoms with Crippen molar-refractivity contribution >= 4 is 11.6 Å². The van der Waals surface area contributed by atoms with Crippen LogP contribution in [0.2, 0.25) is 0 Å². The molecule has 2 aromatic carbocycles. The van der Waals surface area contributed by atoms with Crippen LogP contribution in [-0.4, -0.2) is 25.8 Å². The van der Waals surface area contributed by atoms with Gasteiger partial charge >= 0.3 is 0 Å². The van der Waals surface area contributed by atoms with Gasteiger partial charge in [-0.2, -0.15) is 10.1 Å². The summed E-state index contributed by atoms with van der Waals surface area (Å²) in [5.41, 5.74) is 0.817. The predicted octanol–water partition coefficient (Wildman–Crippen LogP) is 2.74. The predicted molar refractivity (Wildman–Crippen MR) is 102 cm³/mol. The molecule has 1 amide bonds. The van der Waals surface area contributed by atoms with Crippen molar-refractivity contribution in [2.45, 2.75) is 6.54 Å². The molecule has 0 radical (unpaired) electrons. The lowest BCUT2D eigenvalue weighted by molar-refractivity contribution is -0.117. The number of nitrogens with one attached hydrogen (secondary N) is 1. The summed E-state index contributed by atoms with van der Waals surface area (Å²) in [6, 6.07) is 17.4. The second-order valence-corrected chi connectivity index (χ2v) is 6.06.